The molecule has 1 fully saturated rings. The Morgan fingerprint density at radius 3 is 2.40 bits per heavy atom. The van der Waals surface area contributed by atoms with E-state index in [4.69, 9.17) is 10.8 Å². The van der Waals surface area contributed by atoms with Crippen molar-refractivity contribution in [1.82, 2.24) is 4.90 Å². The van der Waals surface area contributed by atoms with Crippen LogP contribution in [0.1, 0.15) is 26.7 Å². The number of carbonyl (C=O) groups is 2. The Hall–Kier alpha value is -1.15. The Balaban J connectivity index is 2.79. The summed E-state index contributed by atoms with van der Waals surface area (Å²) >= 11 is 0. The molecule has 2 atom stereocenters. The van der Waals surface area contributed by atoms with Crippen LogP contribution in [0.25, 0.3) is 0 Å². The molecule has 0 aromatic heterocycles. The summed E-state index contributed by atoms with van der Waals surface area (Å²) in [4.78, 5) is 24.2. The molecule has 7 nitrogen and oxygen atoms in total. The minimum atomic E-state index is -3.17. The van der Waals surface area contributed by atoms with Crippen LogP contribution in [-0.2, 0) is 19.4 Å². The number of sulfone groups is 1. The van der Waals surface area contributed by atoms with Gasteiger partial charge >= 0.3 is 5.97 Å². The van der Waals surface area contributed by atoms with E-state index in [0.29, 0.717) is 0 Å². The maximum Gasteiger partial charge on any atom is 0.323 e. The second-order valence-electron chi connectivity index (χ2n) is 5.58. The zero-order valence-electron chi connectivity index (χ0n) is 11.8. The molecule has 1 amide bonds. The van der Waals surface area contributed by atoms with Gasteiger partial charge in [0.25, 0.3) is 0 Å². The predicted octanol–water partition coefficient (Wildman–Crippen LogP) is -0.540. The fourth-order valence-corrected chi connectivity index (χ4v) is 3.87. The van der Waals surface area contributed by atoms with E-state index < -0.39 is 34.3 Å². The summed E-state index contributed by atoms with van der Waals surface area (Å²) in [5.41, 5.74) is 5.82. The molecular formula is C12H22N2O5S. The Kier molecular flexibility index (Phi) is 5.52. The van der Waals surface area contributed by atoms with Gasteiger partial charge in [-0.2, -0.15) is 0 Å². The molecule has 1 aliphatic rings. The largest absolute Gasteiger partial charge is 0.480 e. The number of hydrogen-bond acceptors (Lipinski definition) is 5. The standard InChI is InChI=1S/C12H22N2O5S/c1-8(2)10(13)5-11(15)14(6-12(16)17)9-3-4-20(18,19)7-9/h8-10H,3-7,13H2,1-2H3,(H,16,17). The second kappa shape index (κ2) is 6.53. The minimum Gasteiger partial charge on any atom is -0.480 e. The van der Waals surface area contributed by atoms with Gasteiger partial charge in [0.1, 0.15) is 6.54 Å². The summed E-state index contributed by atoms with van der Waals surface area (Å²) < 4.78 is 22.9. The van der Waals surface area contributed by atoms with Crippen LogP contribution in [0.2, 0.25) is 0 Å². The van der Waals surface area contributed by atoms with Crippen molar-refractivity contribution in [1.29, 1.82) is 0 Å². The lowest BCUT2D eigenvalue weighted by Gasteiger charge is -2.28. The molecule has 1 saturated heterocycles. The Bertz CT molecular complexity index is 474. The van der Waals surface area contributed by atoms with Crippen molar-refractivity contribution in [2.75, 3.05) is 18.1 Å². The summed E-state index contributed by atoms with van der Waals surface area (Å²) in [5.74, 6) is -1.62. The second-order valence-corrected chi connectivity index (χ2v) is 7.81. The molecule has 0 aliphatic carbocycles. The number of rotatable bonds is 6. The van der Waals surface area contributed by atoms with Crippen molar-refractivity contribution in [2.24, 2.45) is 11.7 Å². The highest BCUT2D eigenvalue weighted by Crippen LogP contribution is 2.19. The van der Waals surface area contributed by atoms with Gasteiger partial charge in [-0.1, -0.05) is 13.8 Å². The van der Waals surface area contributed by atoms with Gasteiger partial charge in [0.2, 0.25) is 5.91 Å². The zero-order chi connectivity index (χ0) is 15.5. The highest BCUT2D eigenvalue weighted by Gasteiger charge is 2.35. The molecule has 0 spiro atoms. The average molecular weight is 306 g/mol. The number of hydrogen-bond donors (Lipinski definition) is 2. The third-order valence-electron chi connectivity index (χ3n) is 3.54. The molecule has 0 saturated carbocycles. The van der Waals surface area contributed by atoms with Gasteiger partial charge in [-0.3, -0.25) is 9.59 Å². The lowest BCUT2D eigenvalue weighted by molar-refractivity contribution is -0.146. The van der Waals surface area contributed by atoms with Crippen LogP contribution in [0.3, 0.4) is 0 Å². The quantitative estimate of drug-likeness (QED) is 0.680. The normalized spacial score (nSPS) is 22.7. The average Bonchev–Trinajstić information content (AvgIpc) is 2.65. The molecule has 1 aliphatic heterocycles. The third-order valence-corrected chi connectivity index (χ3v) is 5.29. The fraction of sp³-hybridized carbons (Fsp3) is 0.833. The van der Waals surface area contributed by atoms with E-state index in [0.717, 1.165) is 4.90 Å². The first-order chi connectivity index (χ1) is 9.12. The SMILES string of the molecule is CC(C)C(N)CC(=O)N(CC(=O)O)C1CCS(=O)(=O)C1. The molecule has 116 valence electrons. The van der Waals surface area contributed by atoms with Crippen molar-refractivity contribution < 1.29 is 23.1 Å². The number of carbonyl (C=O) groups excluding carboxylic acids is 1. The Morgan fingerprint density at radius 2 is 2.00 bits per heavy atom. The van der Waals surface area contributed by atoms with Crippen LogP contribution < -0.4 is 5.73 Å². The molecule has 0 bridgehead atoms. The van der Waals surface area contributed by atoms with Gasteiger partial charge in [-0.25, -0.2) is 8.42 Å². The van der Waals surface area contributed by atoms with Crippen molar-refractivity contribution in [3.05, 3.63) is 0 Å². The molecule has 0 radical (unpaired) electrons. The van der Waals surface area contributed by atoms with Crippen molar-refractivity contribution in [2.45, 2.75) is 38.8 Å². The lowest BCUT2D eigenvalue weighted by atomic mass is 10.0. The van der Waals surface area contributed by atoms with E-state index in [-0.39, 0.29) is 36.3 Å². The van der Waals surface area contributed by atoms with Crippen LogP contribution in [-0.4, -0.2) is 60.4 Å². The summed E-state index contributed by atoms with van der Waals surface area (Å²) in [6.07, 6.45) is 0.319. The Labute approximate surface area is 119 Å². The predicted molar refractivity (Wildman–Crippen MR) is 73.8 cm³/mol. The highest BCUT2D eigenvalue weighted by molar-refractivity contribution is 7.91. The van der Waals surface area contributed by atoms with Crippen LogP contribution in [0.4, 0.5) is 0 Å². The molecule has 0 aromatic rings. The minimum absolute atomic E-state index is 0.00268. The summed E-state index contributed by atoms with van der Waals surface area (Å²) in [6.45, 7) is 3.27. The van der Waals surface area contributed by atoms with E-state index in [1.54, 1.807) is 0 Å². The molecule has 8 heteroatoms. The number of aliphatic carboxylic acids is 1. The lowest BCUT2D eigenvalue weighted by Crippen LogP contribution is -2.46. The molecule has 20 heavy (non-hydrogen) atoms. The maximum atomic E-state index is 12.2. The van der Waals surface area contributed by atoms with Crippen LogP contribution >= 0.6 is 0 Å². The zero-order valence-corrected chi connectivity index (χ0v) is 12.6. The smallest absolute Gasteiger partial charge is 0.323 e. The molecule has 1 rings (SSSR count). The summed E-state index contributed by atoms with van der Waals surface area (Å²) in [5, 5.41) is 8.89. The topological polar surface area (TPSA) is 118 Å². The van der Waals surface area contributed by atoms with E-state index in [1.807, 2.05) is 13.8 Å². The van der Waals surface area contributed by atoms with Crippen molar-refractivity contribution in [3.63, 3.8) is 0 Å². The first kappa shape index (κ1) is 16.9. The fourth-order valence-electron chi connectivity index (χ4n) is 2.14. The van der Waals surface area contributed by atoms with Gasteiger partial charge in [0.05, 0.1) is 11.5 Å². The molecular weight excluding hydrogens is 284 g/mol. The summed E-state index contributed by atoms with van der Waals surface area (Å²) in [7, 11) is -3.17. The monoisotopic (exact) mass is 306 g/mol. The van der Waals surface area contributed by atoms with Gasteiger partial charge < -0.3 is 15.7 Å². The highest BCUT2D eigenvalue weighted by atomic mass is 32.2. The summed E-state index contributed by atoms with van der Waals surface area (Å²) in [6, 6.07) is -0.917. The molecule has 1 heterocycles. The van der Waals surface area contributed by atoms with Crippen molar-refractivity contribution >= 4 is 21.7 Å². The number of carboxylic acid groups (broad SMARTS) is 1. The van der Waals surface area contributed by atoms with Crippen LogP contribution in [0, 0.1) is 5.92 Å². The first-order valence-corrected chi connectivity index (χ1v) is 8.42. The van der Waals surface area contributed by atoms with Gasteiger partial charge in [0, 0.05) is 18.5 Å². The van der Waals surface area contributed by atoms with Crippen LogP contribution in [0.15, 0.2) is 0 Å². The van der Waals surface area contributed by atoms with Gasteiger partial charge in [-0.15, -0.1) is 0 Å². The number of nitrogens with zero attached hydrogens (tertiary/aromatic N) is 1. The van der Waals surface area contributed by atoms with Gasteiger partial charge in [0.15, 0.2) is 9.84 Å². The Morgan fingerprint density at radius 1 is 1.40 bits per heavy atom. The molecule has 3 N–H and O–H groups in total. The number of nitrogens with two attached hydrogens (primary N) is 1. The van der Waals surface area contributed by atoms with Gasteiger partial charge in [-0.05, 0) is 12.3 Å². The van der Waals surface area contributed by atoms with E-state index >= 15 is 0 Å². The first-order valence-electron chi connectivity index (χ1n) is 6.59. The third kappa shape index (κ3) is 4.75. The van der Waals surface area contributed by atoms with E-state index in [9.17, 15) is 18.0 Å². The number of carboxylic acids is 1. The van der Waals surface area contributed by atoms with Crippen LogP contribution in [0.5, 0.6) is 0 Å². The van der Waals surface area contributed by atoms with Crippen molar-refractivity contribution in [3.8, 4) is 0 Å². The molecule has 0 aromatic carbocycles. The number of amides is 1. The maximum absolute atomic E-state index is 12.2. The van der Waals surface area contributed by atoms with E-state index in [2.05, 4.69) is 0 Å². The molecule has 2 unspecified atom stereocenters. The van der Waals surface area contributed by atoms with E-state index in [1.165, 1.54) is 0 Å².